The summed E-state index contributed by atoms with van der Waals surface area (Å²) >= 11 is 0. The molecule has 0 aliphatic heterocycles. The molecule has 1 atom stereocenters. The molecule has 3 nitrogen and oxygen atoms in total. The second-order valence-electron chi connectivity index (χ2n) is 7.11. The fourth-order valence-electron chi connectivity index (χ4n) is 3.19. The second kappa shape index (κ2) is 17.7. The van der Waals surface area contributed by atoms with Crippen molar-refractivity contribution in [3.8, 4) is 0 Å². The Labute approximate surface area is 144 Å². The molecular formula is C20H41NO2. The standard InChI is InChI=1S/C20H41NO2/c1-3-5-7-8-9-10-11-12-13-14-15-16-17-19-20(21(22)23)18-6-4-2/h20H,3-19H2,1-2H3. The van der Waals surface area contributed by atoms with Crippen molar-refractivity contribution in [1.29, 1.82) is 0 Å². The molecular weight excluding hydrogens is 286 g/mol. The minimum atomic E-state index is -0.289. The predicted molar refractivity (Wildman–Crippen MR) is 101 cm³/mol. The van der Waals surface area contributed by atoms with Crippen LogP contribution in [0.3, 0.4) is 0 Å². The number of rotatable bonds is 18. The molecule has 3 heteroatoms. The molecule has 0 N–H and O–H groups in total. The third-order valence-electron chi connectivity index (χ3n) is 4.83. The first-order chi connectivity index (χ1) is 11.2. The van der Waals surface area contributed by atoms with Gasteiger partial charge >= 0.3 is 0 Å². The average molecular weight is 328 g/mol. The normalized spacial score (nSPS) is 12.4. The second-order valence-corrected chi connectivity index (χ2v) is 7.11. The van der Waals surface area contributed by atoms with Crippen LogP contribution >= 0.6 is 0 Å². The van der Waals surface area contributed by atoms with Crippen LogP contribution in [-0.4, -0.2) is 11.0 Å². The molecule has 0 aromatic heterocycles. The molecule has 0 fully saturated rings. The lowest BCUT2D eigenvalue weighted by atomic mass is 10.0. The third-order valence-corrected chi connectivity index (χ3v) is 4.83. The third kappa shape index (κ3) is 16.1. The summed E-state index contributed by atoms with van der Waals surface area (Å²) in [6.45, 7) is 4.37. The Morgan fingerprint density at radius 1 is 0.609 bits per heavy atom. The van der Waals surface area contributed by atoms with Gasteiger partial charge in [0.05, 0.1) is 0 Å². The van der Waals surface area contributed by atoms with Gasteiger partial charge in [0.15, 0.2) is 0 Å². The summed E-state index contributed by atoms with van der Waals surface area (Å²) in [6.07, 6.45) is 20.9. The van der Waals surface area contributed by atoms with E-state index in [2.05, 4.69) is 13.8 Å². The van der Waals surface area contributed by atoms with Crippen molar-refractivity contribution in [2.45, 2.75) is 129 Å². The highest BCUT2D eigenvalue weighted by atomic mass is 16.6. The largest absolute Gasteiger partial charge is 0.264 e. The van der Waals surface area contributed by atoms with Gasteiger partial charge in [-0.15, -0.1) is 0 Å². The molecule has 0 saturated carbocycles. The molecule has 0 rings (SSSR count). The smallest absolute Gasteiger partial charge is 0.213 e. The Bertz CT molecular complexity index is 256. The molecule has 0 aromatic rings. The molecule has 1 unspecified atom stereocenters. The lowest BCUT2D eigenvalue weighted by Gasteiger charge is -2.08. The van der Waals surface area contributed by atoms with Crippen LogP contribution in [0.4, 0.5) is 0 Å². The van der Waals surface area contributed by atoms with E-state index in [9.17, 15) is 10.1 Å². The number of hydrogen-bond acceptors (Lipinski definition) is 2. The SMILES string of the molecule is CCCCCCCCCCCCCCCC(CCCC)[N+](=O)[O-]. The Morgan fingerprint density at radius 2 is 0.957 bits per heavy atom. The van der Waals surface area contributed by atoms with Crippen molar-refractivity contribution in [2.24, 2.45) is 0 Å². The molecule has 0 aliphatic rings. The fraction of sp³-hybridized carbons (Fsp3) is 1.00. The maximum atomic E-state index is 11.0. The summed E-state index contributed by atoms with van der Waals surface area (Å²) in [7, 11) is 0. The van der Waals surface area contributed by atoms with Crippen molar-refractivity contribution in [3.63, 3.8) is 0 Å². The van der Waals surface area contributed by atoms with E-state index in [0.717, 1.165) is 32.1 Å². The molecule has 0 aliphatic carbocycles. The van der Waals surface area contributed by atoms with Gasteiger partial charge in [-0.1, -0.05) is 97.3 Å². The topological polar surface area (TPSA) is 43.1 Å². The molecule has 0 bridgehead atoms. The number of hydrogen-bond donors (Lipinski definition) is 0. The van der Waals surface area contributed by atoms with Crippen LogP contribution in [0, 0.1) is 10.1 Å². The van der Waals surface area contributed by atoms with Crippen LogP contribution in [0.5, 0.6) is 0 Å². The molecule has 138 valence electrons. The lowest BCUT2D eigenvalue weighted by molar-refractivity contribution is -0.524. The zero-order chi connectivity index (χ0) is 17.2. The Hall–Kier alpha value is -0.600. The van der Waals surface area contributed by atoms with Gasteiger partial charge < -0.3 is 0 Å². The lowest BCUT2D eigenvalue weighted by Crippen LogP contribution is -2.19. The monoisotopic (exact) mass is 327 g/mol. The van der Waals surface area contributed by atoms with Crippen LogP contribution in [0.25, 0.3) is 0 Å². The molecule has 0 spiro atoms. The maximum Gasteiger partial charge on any atom is 0.213 e. The summed E-state index contributed by atoms with van der Waals surface area (Å²) in [5, 5.41) is 11.0. The highest BCUT2D eigenvalue weighted by molar-refractivity contribution is 4.58. The minimum Gasteiger partial charge on any atom is -0.264 e. The Kier molecular flexibility index (Phi) is 17.3. The molecule has 0 aromatic carbocycles. The van der Waals surface area contributed by atoms with E-state index in [4.69, 9.17) is 0 Å². The van der Waals surface area contributed by atoms with E-state index < -0.39 is 0 Å². The van der Waals surface area contributed by atoms with E-state index in [0.29, 0.717) is 0 Å². The number of unbranched alkanes of at least 4 members (excludes halogenated alkanes) is 13. The summed E-state index contributed by atoms with van der Waals surface area (Å²) in [6, 6.07) is -0.289. The highest BCUT2D eigenvalue weighted by Gasteiger charge is 2.18. The first-order valence-electron chi connectivity index (χ1n) is 10.4. The van der Waals surface area contributed by atoms with Crippen molar-refractivity contribution in [3.05, 3.63) is 10.1 Å². The predicted octanol–water partition coefficient (Wildman–Crippen LogP) is 7.30. The average Bonchev–Trinajstić information content (AvgIpc) is 2.54. The summed E-state index contributed by atoms with van der Waals surface area (Å²) in [4.78, 5) is 10.9. The van der Waals surface area contributed by atoms with Gasteiger partial charge in [-0.2, -0.15) is 0 Å². The minimum absolute atomic E-state index is 0.0594. The van der Waals surface area contributed by atoms with E-state index in [1.165, 1.54) is 77.0 Å². The van der Waals surface area contributed by atoms with Gasteiger partial charge in [-0.05, 0) is 12.8 Å². The summed E-state index contributed by atoms with van der Waals surface area (Å²) < 4.78 is 0. The number of nitrogens with zero attached hydrogens (tertiary/aromatic N) is 1. The van der Waals surface area contributed by atoms with Gasteiger partial charge in [-0.3, -0.25) is 10.1 Å². The summed E-state index contributed by atoms with van der Waals surface area (Å²) in [5.41, 5.74) is 0. The van der Waals surface area contributed by atoms with Crippen molar-refractivity contribution in [1.82, 2.24) is 0 Å². The quantitative estimate of drug-likeness (QED) is 0.150. The van der Waals surface area contributed by atoms with E-state index in [1.54, 1.807) is 0 Å². The molecule has 23 heavy (non-hydrogen) atoms. The van der Waals surface area contributed by atoms with Crippen LogP contribution in [0.15, 0.2) is 0 Å². The van der Waals surface area contributed by atoms with Gasteiger partial charge in [0.1, 0.15) is 0 Å². The zero-order valence-corrected chi connectivity index (χ0v) is 15.9. The molecule has 0 saturated heterocycles. The first-order valence-corrected chi connectivity index (χ1v) is 10.4. The van der Waals surface area contributed by atoms with Crippen molar-refractivity contribution in [2.75, 3.05) is 0 Å². The van der Waals surface area contributed by atoms with Crippen LogP contribution in [0.1, 0.15) is 123 Å². The molecule has 0 amide bonds. The fourth-order valence-corrected chi connectivity index (χ4v) is 3.19. The zero-order valence-electron chi connectivity index (χ0n) is 15.9. The van der Waals surface area contributed by atoms with E-state index >= 15 is 0 Å². The van der Waals surface area contributed by atoms with Gasteiger partial charge in [-0.25, -0.2) is 0 Å². The molecule has 0 heterocycles. The van der Waals surface area contributed by atoms with Gasteiger partial charge in [0.25, 0.3) is 0 Å². The van der Waals surface area contributed by atoms with Crippen molar-refractivity contribution < 1.29 is 4.92 Å². The van der Waals surface area contributed by atoms with E-state index in [1.807, 2.05) is 0 Å². The Morgan fingerprint density at radius 3 is 1.35 bits per heavy atom. The van der Waals surface area contributed by atoms with Crippen LogP contribution < -0.4 is 0 Å². The van der Waals surface area contributed by atoms with Crippen LogP contribution in [0.2, 0.25) is 0 Å². The molecule has 0 radical (unpaired) electrons. The summed E-state index contributed by atoms with van der Waals surface area (Å²) in [5.74, 6) is 0. The van der Waals surface area contributed by atoms with Crippen molar-refractivity contribution >= 4 is 0 Å². The Balaban J connectivity index is 3.27. The van der Waals surface area contributed by atoms with E-state index in [-0.39, 0.29) is 11.0 Å². The van der Waals surface area contributed by atoms with Gasteiger partial charge in [0.2, 0.25) is 6.04 Å². The first kappa shape index (κ1) is 22.4. The number of nitro groups is 1. The highest BCUT2D eigenvalue weighted by Crippen LogP contribution is 2.15. The van der Waals surface area contributed by atoms with Crippen LogP contribution in [-0.2, 0) is 0 Å². The van der Waals surface area contributed by atoms with Gasteiger partial charge in [0, 0.05) is 17.8 Å². The maximum absolute atomic E-state index is 11.0.